The van der Waals surface area contributed by atoms with Gasteiger partial charge in [-0.1, -0.05) is 6.07 Å². The van der Waals surface area contributed by atoms with Crippen LogP contribution in [0.15, 0.2) is 40.1 Å². The summed E-state index contributed by atoms with van der Waals surface area (Å²) in [4.78, 5) is 1.02. The Morgan fingerprint density at radius 1 is 0.849 bits per heavy atom. The molecule has 0 amide bonds. The number of aliphatic hydroxyl groups is 4. The molecule has 0 radical (unpaired) electrons. The minimum Gasteiger partial charge on any atom is -0.744 e. The van der Waals surface area contributed by atoms with E-state index in [0.29, 0.717) is 27.9 Å². The molecular formula is C37H41N3O11S2. The Morgan fingerprint density at radius 2 is 1.57 bits per heavy atom. The molecule has 5 N–H and O–H groups in total. The van der Waals surface area contributed by atoms with Crippen molar-refractivity contribution in [2.75, 3.05) is 37.7 Å². The van der Waals surface area contributed by atoms with Crippen LogP contribution in [-0.4, -0.2) is 105 Å². The highest BCUT2D eigenvalue weighted by atomic mass is 32.2. The van der Waals surface area contributed by atoms with E-state index in [2.05, 4.69) is 14.2 Å². The van der Waals surface area contributed by atoms with Crippen LogP contribution in [0.5, 0.6) is 11.5 Å². The maximum Gasteiger partial charge on any atom is 0.241 e. The Labute approximate surface area is 306 Å². The maximum absolute atomic E-state index is 13.7. The van der Waals surface area contributed by atoms with Gasteiger partial charge in [0.25, 0.3) is 0 Å². The highest BCUT2D eigenvalue weighted by Crippen LogP contribution is 2.49. The molecule has 3 aromatic carbocycles. The van der Waals surface area contributed by atoms with Gasteiger partial charge in [-0.15, -0.1) is 0 Å². The molecular weight excluding hydrogens is 727 g/mol. The minimum absolute atomic E-state index is 0.0401. The van der Waals surface area contributed by atoms with E-state index in [0.717, 1.165) is 117 Å². The Bertz CT molecular complexity index is 2410. The zero-order valence-corrected chi connectivity index (χ0v) is 30.5. The molecule has 3 unspecified atom stereocenters. The van der Waals surface area contributed by atoms with Crippen molar-refractivity contribution >= 4 is 31.4 Å². The number of nitrogens with zero attached hydrogens (tertiary/aromatic N) is 2. The topological polar surface area (TPSA) is 209 Å². The average Bonchev–Trinajstić information content (AvgIpc) is 3.14. The van der Waals surface area contributed by atoms with Gasteiger partial charge in [-0.05, 0) is 68.4 Å². The fraction of sp³-hybridized carbons (Fsp3) is 0.486. The summed E-state index contributed by atoms with van der Waals surface area (Å²) in [6, 6.07) is 5.61. The van der Waals surface area contributed by atoms with Crippen LogP contribution in [0.1, 0.15) is 59.1 Å². The first kappa shape index (κ1) is 35.3. The molecule has 16 heteroatoms. The predicted octanol–water partition coefficient (Wildman–Crippen LogP) is -0.896. The van der Waals surface area contributed by atoms with Crippen LogP contribution >= 0.6 is 0 Å². The summed E-state index contributed by atoms with van der Waals surface area (Å²) in [6.07, 6.45) is -0.0208. The molecule has 53 heavy (non-hydrogen) atoms. The van der Waals surface area contributed by atoms with E-state index >= 15 is 0 Å². The fourth-order valence-electron chi connectivity index (χ4n) is 9.36. The van der Waals surface area contributed by atoms with Crippen molar-refractivity contribution in [1.82, 2.24) is 9.30 Å². The van der Waals surface area contributed by atoms with E-state index in [-0.39, 0.29) is 5.56 Å². The molecule has 0 bridgehead atoms. The number of hydrogen-bond donors (Lipinski definition) is 5. The molecule has 1 fully saturated rings. The van der Waals surface area contributed by atoms with Crippen LogP contribution < -0.4 is 29.5 Å². The summed E-state index contributed by atoms with van der Waals surface area (Å²) < 4.78 is 83.7. The summed E-state index contributed by atoms with van der Waals surface area (Å²) in [5.41, 5.74) is 6.68. The quantitative estimate of drug-likeness (QED) is 0.120. The minimum atomic E-state index is -5.32. The molecule has 6 heterocycles. The van der Waals surface area contributed by atoms with E-state index in [1.807, 2.05) is 12.1 Å². The van der Waals surface area contributed by atoms with Crippen LogP contribution in [0.25, 0.3) is 5.57 Å². The Morgan fingerprint density at radius 3 is 2.32 bits per heavy atom. The molecule has 0 aliphatic carbocycles. The maximum atomic E-state index is 13.7. The summed E-state index contributed by atoms with van der Waals surface area (Å²) in [5.74, 6) is 1.27. The summed E-state index contributed by atoms with van der Waals surface area (Å²) >= 11 is 0. The van der Waals surface area contributed by atoms with Gasteiger partial charge in [-0.25, -0.2) is 26.1 Å². The third-order valence-corrected chi connectivity index (χ3v) is 14.0. The highest BCUT2D eigenvalue weighted by Gasteiger charge is 2.46. The van der Waals surface area contributed by atoms with E-state index in [1.165, 1.54) is 12.1 Å². The number of hydrogen-bond acceptors (Lipinski definition) is 12. The van der Waals surface area contributed by atoms with Crippen LogP contribution in [0, 0.1) is 0 Å². The van der Waals surface area contributed by atoms with Crippen molar-refractivity contribution in [1.29, 1.82) is 0 Å². The number of anilines is 1. The lowest BCUT2D eigenvalue weighted by Gasteiger charge is -2.40. The molecule has 9 rings (SSSR count). The second-order valence-electron chi connectivity index (χ2n) is 14.8. The van der Waals surface area contributed by atoms with Gasteiger partial charge in [0.1, 0.15) is 59.1 Å². The summed E-state index contributed by atoms with van der Waals surface area (Å²) in [7, 11) is -10.1. The Hall–Kier alpha value is -3.45. The van der Waals surface area contributed by atoms with Crippen LogP contribution in [0.2, 0.25) is 0 Å². The van der Waals surface area contributed by atoms with E-state index in [4.69, 9.17) is 9.47 Å². The van der Waals surface area contributed by atoms with Gasteiger partial charge in [0.15, 0.2) is 6.29 Å². The second kappa shape index (κ2) is 12.8. The van der Waals surface area contributed by atoms with Gasteiger partial charge in [0.05, 0.1) is 22.0 Å². The highest BCUT2D eigenvalue weighted by molar-refractivity contribution is 7.89. The second-order valence-corrected chi connectivity index (χ2v) is 17.9. The first-order valence-electron chi connectivity index (χ1n) is 18.2. The predicted molar refractivity (Wildman–Crippen MR) is 189 cm³/mol. The third-order valence-electron chi connectivity index (χ3n) is 11.7. The standard InChI is InChI=1S/C37H41N3O11S2/c41-18-27-33(42)34(43)30(37(44)50-27)38-52(45,46)21-9-10-22(28(17-21)53(47,48)49)29-25-15-19-5-1-11-39-13-3-7-23(31(19)39)35(25)51-36-24-8-4-14-40-12-2-6-20(32(24)40)16-26(29)36/h9-10,15-17,27,30,33-34,37-38,41-44H,1-8,11-14,18H2/t27?,30?,33-,34-,37?/m0/s1. The number of nitrogens with one attached hydrogen (secondary N) is 1. The van der Waals surface area contributed by atoms with Crippen molar-refractivity contribution in [3.63, 3.8) is 0 Å². The molecule has 0 spiro atoms. The van der Waals surface area contributed by atoms with Crippen molar-refractivity contribution in [2.45, 2.75) is 91.8 Å². The van der Waals surface area contributed by atoms with Gasteiger partial charge < -0.3 is 39.4 Å². The number of fused-ring (bicyclic) bond motifs is 4. The van der Waals surface area contributed by atoms with Crippen molar-refractivity contribution < 1.29 is 51.3 Å². The largest absolute Gasteiger partial charge is 0.744 e. The number of sulfonamides is 1. The first-order chi connectivity index (χ1) is 25.4. The number of aryl methyl sites for hydroxylation is 2. The molecule has 6 aliphatic rings. The Balaban J connectivity index is 1.27. The fourth-order valence-corrected chi connectivity index (χ4v) is 11.4. The lowest BCUT2D eigenvalue weighted by Crippen LogP contribution is -2.64. The van der Waals surface area contributed by atoms with Gasteiger partial charge in [-0.3, -0.25) is 0 Å². The van der Waals surface area contributed by atoms with Gasteiger partial charge in [-0.2, -0.15) is 0 Å². The molecule has 14 nitrogen and oxygen atoms in total. The lowest BCUT2D eigenvalue weighted by atomic mass is 9.82. The van der Waals surface area contributed by atoms with E-state index in [9.17, 15) is 41.8 Å². The molecule has 0 saturated carbocycles. The SMILES string of the molecule is O=S(=O)([O-])c1cc(S(=O)(=O)NC2C(O)OC(CO)[C@H](O)[C@H]2O)ccc1C1=c2cc3c4c(c2Oc2c1cc1c5c2CCCN5CCC1)CCC[N+]=4CCC3. The van der Waals surface area contributed by atoms with E-state index in [1.54, 1.807) is 0 Å². The molecule has 282 valence electrons. The molecule has 5 atom stereocenters. The molecule has 0 aromatic heterocycles. The number of ether oxygens (including phenoxy) is 2. The summed E-state index contributed by atoms with van der Waals surface area (Å²) in [6.45, 7) is 2.99. The first-order valence-corrected chi connectivity index (χ1v) is 21.1. The third kappa shape index (κ3) is 5.64. The number of rotatable bonds is 6. The van der Waals surface area contributed by atoms with E-state index < -0.39 is 67.2 Å². The van der Waals surface area contributed by atoms with Crippen molar-refractivity contribution in [3.05, 3.63) is 74.3 Å². The monoisotopic (exact) mass is 767 g/mol. The van der Waals surface area contributed by atoms with Gasteiger partial charge in [0.2, 0.25) is 15.4 Å². The van der Waals surface area contributed by atoms with Crippen LogP contribution in [0.3, 0.4) is 0 Å². The summed E-state index contributed by atoms with van der Waals surface area (Å²) in [5, 5.41) is 42.6. The smallest absolute Gasteiger partial charge is 0.241 e. The molecule has 1 saturated heterocycles. The van der Waals surface area contributed by atoms with Crippen molar-refractivity contribution in [3.8, 4) is 11.5 Å². The van der Waals surface area contributed by atoms with Gasteiger partial charge in [0, 0.05) is 64.7 Å². The number of benzene rings is 3. The number of aliphatic hydroxyl groups excluding tert-OH is 4. The zero-order valence-electron chi connectivity index (χ0n) is 28.8. The van der Waals surface area contributed by atoms with Crippen molar-refractivity contribution in [2.24, 2.45) is 0 Å². The average molecular weight is 768 g/mol. The normalized spacial score (nSPS) is 26.3. The Kier molecular flexibility index (Phi) is 8.53. The van der Waals surface area contributed by atoms with Crippen LogP contribution in [0.4, 0.5) is 5.69 Å². The zero-order chi connectivity index (χ0) is 37.0. The van der Waals surface area contributed by atoms with Gasteiger partial charge >= 0.3 is 0 Å². The van der Waals surface area contributed by atoms with Crippen LogP contribution in [-0.2, 0) is 50.6 Å². The lowest BCUT2D eigenvalue weighted by molar-refractivity contribution is -0.251. The molecule has 6 aliphatic heterocycles. The molecule has 3 aromatic rings.